The van der Waals surface area contributed by atoms with Gasteiger partial charge in [-0.1, -0.05) is 32.4 Å². The number of nitrogens with one attached hydrogen (secondary N) is 1. The average molecular weight is 418 g/mol. The maximum atomic E-state index is 12.8. The number of carbonyl (C=O) groups is 2. The molecule has 1 amide bonds. The second-order valence-corrected chi connectivity index (χ2v) is 9.64. The predicted octanol–water partition coefficient (Wildman–Crippen LogP) is 6.06. The van der Waals surface area contributed by atoms with Crippen LogP contribution in [0.5, 0.6) is 5.75 Å². The molecule has 0 aliphatic carbocycles. The zero-order valence-electron chi connectivity index (χ0n) is 17.7. The van der Waals surface area contributed by atoms with Crippen molar-refractivity contribution in [3.63, 3.8) is 0 Å². The van der Waals surface area contributed by atoms with Crippen molar-refractivity contribution in [1.29, 1.82) is 0 Å². The normalized spacial score (nSPS) is 11.8. The van der Waals surface area contributed by atoms with E-state index in [0.29, 0.717) is 28.4 Å². The molecule has 0 saturated carbocycles. The highest BCUT2D eigenvalue weighted by Crippen LogP contribution is 2.37. The Morgan fingerprint density at radius 3 is 2.07 bits per heavy atom. The lowest BCUT2D eigenvalue weighted by molar-refractivity contribution is 0.0696. The van der Waals surface area contributed by atoms with Crippen LogP contribution in [-0.4, -0.2) is 22.6 Å². The van der Waals surface area contributed by atoms with Gasteiger partial charge in [0, 0.05) is 11.3 Å². The van der Waals surface area contributed by atoms with Crippen LogP contribution in [0.15, 0.2) is 36.4 Å². The first kappa shape index (κ1) is 22.8. The molecule has 2 N–H and O–H groups in total. The number of carbonyl (C=O) groups excluding carboxylic acids is 1. The van der Waals surface area contributed by atoms with E-state index in [9.17, 15) is 9.59 Å². The number of amides is 1. The summed E-state index contributed by atoms with van der Waals surface area (Å²) >= 11 is 6.50. The van der Waals surface area contributed by atoms with Gasteiger partial charge in [-0.15, -0.1) is 0 Å². The summed E-state index contributed by atoms with van der Waals surface area (Å²) in [5, 5.41) is 12.1. The molecule has 156 valence electrons. The Morgan fingerprint density at radius 1 is 1.00 bits per heavy atom. The number of carboxylic acids is 1. The fraction of sp³-hybridized carbons (Fsp3) is 0.391. The van der Waals surface area contributed by atoms with Gasteiger partial charge in [-0.25, -0.2) is 4.79 Å². The van der Waals surface area contributed by atoms with Crippen LogP contribution in [0.2, 0.25) is 5.02 Å². The number of ether oxygens (including phenoxy) is 1. The maximum absolute atomic E-state index is 12.8. The van der Waals surface area contributed by atoms with Crippen molar-refractivity contribution < 1.29 is 19.4 Å². The van der Waals surface area contributed by atoms with Crippen molar-refractivity contribution >= 4 is 29.2 Å². The number of rotatable bonds is 5. The zero-order chi connectivity index (χ0) is 22.0. The predicted molar refractivity (Wildman–Crippen MR) is 116 cm³/mol. The number of benzene rings is 2. The molecule has 0 heterocycles. The fourth-order valence-electron chi connectivity index (χ4n) is 2.80. The molecule has 5 nitrogen and oxygen atoms in total. The van der Waals surface area contributed by atoms with Crippen LogP contribution in [0, 0.1) is 5.41 Å². The van der Waals surface area contributed by atoms with Crippen LogP contribution >= 0.6 is 11.6 Å². The Balaban J connectivity index is 2.36. The molecule has 0 aliphatic rings. The second kappa shape index (κ2) is 8.46. The van der Waals surface area contributed by atoms with Gasteiger partial charge in [0.05, 0.1) is 10.6 Å². The van der Waals surface area contributed by atoms with Gasteiger partial charge in [-0.3, -0.25) is 4.79 Å². The van der Waals surface area contributed by atoms with E-state index in [2.05, 4.69) is 26.1 Å². The van der Waals surface area contributed by atoms with E-state index >= 15 is 0 Å². The summed E-state index contributed by atoms with van der Waals surface area (Å²) in [6.45, 7) is 12.2. The van der Waals surface area contributed by atoms with Crippen molar-refractivity contribution in [3.05, 3.63) is 58.1 Å². The quantitative estimate of drug-likeness (QED) is 0.620. The van der Waals surface area contributed by atoms with Crippen molar-refractivity contribution in [2.75, 3.05) is 5.32 Å². The van der Waals surface area contributed by atoms with E-state index in [-0.39, 0.29) is 16.9 Å². The van der Waals surface area contributed by atoms with E-state index in [4.69, 9.17) is 21.4 Å². The summed E-state index contributed by atoms with van der Waals surface area (Å²) in [7, 11) is 0. The number of hydrogen-bond acceptors (Lipinski definition) is 3. The van der Waals surface area contributed by atoms with Gasteiger partial charge in [0.2, 0.25) is 0 Å². The molecule has 0 unspecified atom stereocenters. The second-order valence-electron chi connectivity index (χ2n) is 9.23. The smallest absolute Gasteiger partial charge is 0.335 e. The fourth-order valence-corrected chi connectivity index (χ4v) is 3.08. The van der Waals surface area contributed by atoms with Gasteiger partial charge in [0.15, 0.2) is 0 Å². The van der Waals surface area contributed by atoms with Gasteiger partial charge in [0.25, 0.3) is 5.91 Å². The van der Waals surface area contributed by atoms with E-state index < -0.39 is 11.6 Å². The SMILES string of the molecule is CC(C)(C)Cc1cc(C(=O)Nc2ccc(C(=O)O)cc2)cc(Cl)c1OC(C)(C)C. The van der Waals surface area contributed by atoms with E-state index in [1.165, 1.54) is 12.1 Å². The molecule has 2 aromatic rings. The number of carboxylic acid groups (broad SMARTS) is 1. The number of aromatic carboxylic acids is 1. The number of hydrogen-bond donors (Lipinski definition) is 2. The van der Waals surface area contributed by atoms with Crippen molar-refractivity contribution in [3.8, 4) is 5.75 Å². The molecular formula is C23H28ClNO4. The lowest BCUT2D eigenvalue weighted by Crippen LogP contribution is -2.25. The molecular weight excluding hydrogens is 390 g/mol. The maximum Gasteiger partial charge on any atom is 0.335 e. The average Bonchev–Trinajstić information content (AvgIpc) is 2.56. The molecule has 0 bridgehead atoms. The largest absolute Gasteiger partial charge is 0.486 e. The minimum Gasteiger partial charge on any atom is -0.486 e. The van der Waals surface area contributed by atoms with E-state index in [0.717, 1.165) is 5.56 Å². The van der Waals surface area contributed by atoms with Gasteiger partial charge < -0.3 is 15.2 Å². The Hall–Kier alpha value is -2.53. The third-order valence-electron chi connectivity index (χ3n) is 3.90. The topological polar surface area (TPSA) is 75.6 Å². The molecule has 2 aromatic carbocycles. The summed E-state index contributed by atoms with van der Waals surface area (Å²) in [6.07, 6.45) is 0.687. The lowest BCUT2D eigenvalue weighted by Gasteiger charge is -2.27. The van der Waals surface area contributed by atoms with E-state index in [1.807, 2.05) is 20.8 Å². The summed E-state index contributed by atoms with van der Waals surface area (Å²) < 4.78 is 6.08. The summed E-state index contributed by atoms with van der Waals surface area (Å²) in [5.41, 5.74) is 1.49. The number of anilines is 1. The molecule has 0 saturated heterocycles. The lowest BCUT2D eigenvalue weighted by atomic mass is 9.87. The molecule has 0 aliphatic heterocycles. The highest BCUT2D eigenvalue weighted by atomic mass is 35.5. The van der Waals surface area contributed by atoms with Crippen LogP contribution in [0.3, 0.4) is 0 Å². The van der Waals surface area contributed by atoms with Crippen LogP contribution in [0.4, 0.5) is 5.69 Å². The van der Waals surface area contributed by atoms with Crippen LogP contribution in [-0.2, 0) is 6.42 Å². The van der Waals surface area contributed by atoms with Crippen molar-refractivity contribution in [2.45, 2.75) is 53.6 Å². The summed E-state index contributed by atoms with van der Waals surface area (Å²) in [5.74, 6) is -0.750. The van der Waals surface area contributed by atoms with Crippen molar-refractivity contribution in [1.82, 2.24) is 0 Å². The standard InChI is InChI=1S/C23H28ClNO4/c1-22(2,3)13-16-11-15(12-18(24)19(16)29-23(4,5)6)20(26)25-17-9-7-14(8-10-17)21(27)28/h7-12H,13H2,1-6H3,(H,25,26)(H,27,28). The molecule has 6 heteroatoms. The van der Waals surface area contributed by atoms with Gasteiger partial charge in [-0.2, -0.15) is 0 Å². The Labute approximate surface area is 177 Å². The minimum absolute atomic E-state index is 0.0267. The molecule has 0 atom stereocenters. The first-order valence-electron chi connectivity index (χ1n) is 9.41. The van der Waals surface area contributed by atoms with Crippen LogP contribution in [0.1, 0.15) is 67.8 Å². The Kier molecular flexibility index (Phi) is 6.63. The minimum atomic E-state index is -1.02. The van der Waals surface area contributed by atoms with Crippen molar-refractivity contribution in [2.24, 2.45) is 5.41 Å². The van der Waals surface area contributed by atoms with Crippen LogP contribution in [0.25, 0.3) is 0 Å². The Bertz CT molecular complexity index is 906. The molecule has 29 heavy (non-hydrogen) atoms. The van der Waals surface area contributed by atoms with Gasteiger partial charge >= 0.3 is 5.97 Å². The monoisotopic (exact) mass is 417 g/mol. The molecule has 0 fully saturated rings. The molecule has 0 spiro atoms. The van der Waals surface area contributed by atoms with Gasteiger partial charge in [0.1, 0.15) is 11.4 Å². The third kappa shape index (κ3) is 6.79. The summed E-state index contributed by atoms with van der Waals surface area (Å²) in [6, 6.07) is 9.38. The molecule has 0 aromatic heterocycles. The molecule has 0 radical (unpaired) electrons. The van der Waals surface area contributed by atoms with Crippen LogP contribution < -0.4 is 10.1 Å². The first-order chi connectivity index (χ1) is 13.2. The zero-order valence-corrected chi connectivity index (χ0v) is 18.5. The highest BCUT2D eigenvalue weighted by molar-refractivity contribution is 6.32. The van der Waals surface area contributed by atoms with Gasteiger partial charge in [-0.05, 0) is 74.6 Å². The van der Waals surface area contributed by atoms with E-state index in [1.54, 1.807) is 24.3 Å². The first-order valence-corrected chi connectivity index (χ1v) is 9.79. The Morgan fingerprint density at radius 2 is 1.59 bits per heavy atom. The third-order valence-corrected chi connectivity index (χ3v) is 4.18. The molecule has 2 rings (SSSR count). The summed E-state index contributed by atoms with van der Waals surface area (Å²) in [4.78, 5) is 23.7. The number of halogens is 1. The highest BCUT2D eigenvalue weighted by Gasteiger charge is 2.23.